The molecule has 3 heterocycles. The van der Waals surface area contributed by atoms with E-state index in [9.17, 15) is 8.42 Å². The van der Waals surface area contributed by atoms with Crippen LogP contribution in [0.4, 0.5) is 17.2 Å². The van der Waals surface area contributed by atoms with Crippen LogP contribution < -0.4 is 19.5 Å². The number of nitrogens with one attached hydrogen (secondary N) is 2. The molecule has 0 saturated carbocycles. The first kappa shape index (κ1) is 21.7. The Morgan fingerprint density at radius 2 is 1.59 bits per heavy atom. The minimum atomic E-state index is -3.79. The van der Waals surface area contributed by atoms with Crippen LogP contribution >= 0.6 is 0 Å². The van der Waals surface area contributed by atoms with Crippen molar-refractivity contribution in [2.24, 2.45) is 0 Å². The molecule has 5 rings (SSSR count). The molecule has 2 aromatic heterocycles. The lowest BCUT2D eigenvalue weighted by atomic mass is 10.3. The largest absolute Gasteiger partial charge is 0.486 e. The molecule has 2 N–H and O–H groups in total. The summed E-state index contributed by atoms with van der Waals surface area (Å²) in [7, 11) is -3.79. The Morgan fingerprint density at radius 3 is 2.26 bits per heavy atom. The zero-order chi connectivity index (χ0) is 23.7. The number of nitrogens with zero attached hydrogens (tertiary/aromatic N) is 4. The first-order valence-corrected chi connectivity index (χ1v) is 12.0. The van der Waals surface area contributed by atoms with E-state index in [0.29, 0.717) is 42.0 Å². The number of sulfonamides is 1. The van der Waals surface area contributed by atoms with Crippen LogP contribution in [0.15, 0.2) is 65.6 Å². The molecule has 2 aromatic carbocycles. The second-order valence-corrected chi connectivity index (χ2v) is 9.41. The summed E-state index contributed by atoms with van der Waals surface area (Å²) in [6, 6.07) is 17.0. The van der Waals surface area contributed by atoms with Crippen molar-refractivity contribution in [3.8, 4) is 17.3 Å². The monoisotopic (exact) mass is 478 g/mol. The predicted molar refractivity (Wildman–Crippen MR) is 127 cm³/mol. The highest BCUT2D eigenvalue weighted by Crippen LogP contribution is 2.33. The van der Waals surface area contributed by atoms with Crippen LogP contribution in [-0.4, -0.2) is 41.6 Å². The molecule has 174 valence electrons. The molecule has 10 nitrogen and oxygen atoms in total. The van der Waals surface area contributed by atoms with Crippen LogP contribution in [0.2, 0.25) is 0 Å². The van der Waals surface area contributed by atoms with E-state index in [0.717, 1.165) is 17.1 Å². The molecule has 0 bridgehead atoms. The normalized spacial score (nSPS) is 12.9. The first-order chi connectivity index (χ1) is 16.4. The van der Waals surface area contributed by atoms with Gasteiger partial charge in [-0.05, 0) is 68.4 Å². The van der Waals surface area contributed by atoms with Gasteiger partial charge in [-0.25, -0.2) is 13.1 Å². The Bertz CT molecular complexity index is 1430. The van der Waals surface area contributed by atoms with Gasteiger partial charge in [0.15, 0.2) is 23.1 Å². The second kappa shape index (κ2) is 8.67. The highest BCUT2D eigenvalue weighted by Gasteiger charge is 2.19. The number of aryl methyl sites for hydroxylation is 2. The fourth-order valence-corrected chi connectivity index (χ4v) is 4.61. The molecule has 0 radical (unpaired) electrons. The average Bonchev–Trinajstić information content (AvgIpc) is 3.18. The molecule has 4 aromatic rings. The maximum absolute atomic E-state index is 12.8. The van der Waals surface area contributed by atoms with Gasteiger partial charge in [0.05, 0.1) is 10.6 Å². The van der Waals surface area contributed by atoms with Crippen molar-refractivity contribution < 1.29 is 17.9 Å². The third-order valence-corrected chi connectivity index (χ3v) is 6.49. The summed E-state index contributed by atoms with van der Waals surface area (Å²) in [6.07, 6.45) is 0. The summed E-state index contributed by atoms with van der Waals surface area (Å²) in [5.41, 5.74) is 3.04. The van der Waals surface area contributed by atoms with Gasteiger partial charge >= 0.3 is 0 Å². The molecular formula is C23H22N6O4S. The quantitative estimate of drug-likeness (QED) is 0.431. The highest BCUT2D eigenvalue weighted by molar-refractivity contribution is 7.92. The molecule has 0 amide bonds. The molecule has 0 fully saturated rings. The smallest absolute Gasteiger partial charge is 0.262 e. The molecule has 0 spiro atoms. The molecule has 0 aliphatic carbocycles. The van der Waals surface area contributed by atoms with Crippen molar-refractivity contribution >= 4 is 27.2 Å². The van der Waals surface area contributed by atoms with Gasteiger partial charge in [-0.2, -0.15) is 5.10 Å². The minimum Gasteiger partial charge on any atom is -0.486 e. The van der Waals surface area contributed by atoms with Crippen LogP contribution in [0.5, 0.6) is 11.5 Å². The van der Waals surface area contributed by atoms with E-state index in [2.05, 4.69) is 25.3 Å². The van der Waals surface area contributed by atoms with Crippen LogP contribution in [0, 0.1) is 13.8 Å². The molecule has 1 aliphatic rings. The van der Waals surface area contributed by atoms with Crippen molar-refractivity contribution in [2.75, 3.05) is 23.3 Å². The number of benzene rings is 2. The topological polar surface area (TPSA) is 120 Å². The summed E-state index contributed by atoms with van der Waals surface area (Å²) >= 11 is 0. The van der Waals surface area contributed by atoms with Crippen molar-refractivity contribution in [1.82, 2.24) is 20.0 Å². The molecule has 34 heavy (non-hydrogen) atoms. The Hall–Kier alpha value is -4.12. The fraction of sp³-hybridized carbons (Fsp3) is 0.174. The Morgan fingerprint density at radius 1 is 0.853 bits per heavy atom. The average molecular weight is 479 g/mol. The van der Waals surface area contributed by atoms with Crippen LogP contribution in [-0.2, 0) is 10.0 Å². The summed E-state index contributed by atoms with van der Waals surface area (Å²) in [6.45, 7) is 4.70. The zero-order valence-corrected chi connectivity index (χ0v) is 19.3. The van der Waals surface area contributed by atoms with E-state index in [4.69, 9.17) is 9.47 Å². The van der Waals surface area contributed by atoms with Gasteiger partial charge in [-0.3, -0.25) is 4.72 Å². The summed E-state index contributed by atoms with van der Waals surface area (Å²) in [5.74, 6) is 2.13. The lowest BCUT2D eigenvalue weighted by Gasteiger charge is -2.19. The SMILES string of the molecule is Cc1cc(C)n(-c2ccc(Nc3ccc(NS(=O)(=O)c4ccc5c(c4)OCCO5)cc3)nn2)n1. The van der Waals surface area contributed by atoms with Crippen LogP contribution in [0.1, 0.15) is 11.4 Å². The van der Waals surface area contributed by atoms with Crippen molar-refractivity contribution in [3.63, 3.8) is 0 Å². The van der Waals surface area contributed by atoms with Gasteiger partial charge in [0.2, 0.25) is 0 Å². The van der Waals surface area contributed by atoms with Gasteiger partial charge in [0.1, 0.15) is 13.2 Å². The molecule has 11 heteroatoms. The number of aromatic nitrogens is 4. The number of hydrogen-bond acceptors (Lipinski definition) is 8. The van der Waals surface area contributed by atoms with Gasteiger partial charge in [0, 0.05) is 23.1 Å². The molecule has 0 saturated heterocycles. The predicted octanol–water partition coefficient (Wildman–Crippen LogP) is 3.59. The number of rotatable bonds is 6. The van der Waals surface area contributed by atoms with E-state index in [1.165, 1.54) is 12.1 Å². The zero-order valence-electron chi connectivity index (χ0n) is 18.5. The van der Waals surface area contributed by atoms with E-state index in [1.807, 2.05) is 26.0 Å². The molecule has 0 unspecified atom stereocenters. The first-order valence-electron chi connectivity index (χ1n) is 10.5. The van der Waals surface area contributed by atoms with Gasteiger partial charge < -0.3 is 14.8 Å². The standard InChI is InChI=1S/C23H22N6O4S/c1-15-13-16(2)29(27-15)23-10-9-22(25-26-23)24-17-3-5-18(6-4-17)28-34(30,31)19-7-8-20-21(14-19)33-12-11-32-20/h3-10,13-14,28H,11-12H2,1-2H3,(H,24,25). The maximum atomic E-state index is 12.8. The minimum absolute atomic E-state index is 0.0944. The van der Waals surface area contributed by atoms with Gasteiger partial charge in [-0.15, -0.1) is 10.2 Å². The highest BCUT2D eigenvalue weighted by atomic mass is 32.2. The summed E-state index contributed by atoms with van der Waals surface area (Å²) in [4.78, 5) is 0.0944. The number of hydrogen-bond donors (Lipinski definition) is 2. The third kappa shape index (κ3) is 4.50. The fourth-order valence-electron chi connectivity index (χ4n) is 3.54. The summed E-state index contributed by atoms with van der Waals surface area (Å²) < 4.78 is 40.8. The second-order valence-electron chi connectivity index (χ2n) is 7.73. The number of anilines is 3. The van der Waals surface area contributed by atoms with Crippen molar-refractivity contribution in [1.29, 1.82) is 0 Å². The maximum Gasteiger partial charge on any atom is 0.262 e. The van der Waals surface area contributed by atoms with E-state index >= 15 is 0 Å². The lowest BCUT2D eigenvalue weighted by molar-refractivity contribution is 0.171. The van der Waals surface area contributed by atoms with Crippen LogP contribution in [0.25, 0.3) is 5.82 Å². The molecule has 0 atom stereocenters. The van der Waals surface area contributed by atoms with Crippen molar-refractivity contribution in [2.45, 2.75) is 18.7 Å². The number of ether oxygens (including phenoxy) is 2. The van der Waals surface area contributed by atoms with E-state index in [-0.39, 0.29) is 4.90 Å². The van der Waals surface area contributed by atoms with E-state index < -0.39 is 10.0 Å². The number of fused-ring (bicyclic) bond motifs is 1. The molecule has 1 aliphatic heterocycles. The van der Waals surface area contributed by atoms with Crippen molar-refractivity contribution in [3.05, 3.63) is 72.1 Å². The third-order valence-electron chi connectivity index (χ3n) is 5.11. The Labute approximate surface area is 196 Å². The lowest BCUT2D eigenvalue weighted by Crippen LogP contribution is -2.17. The Balaban J connectivity index is 1.26. The van der Waals surface area contributed by atoms with E-state index in [1.54, 1.807) is 41.1 Å². The Kier molecular flexibility index (Phi) is 5.54. The van der Waals surface area contributed by atoms with Gasteiger partial charge in [-0.1, -0.05) is 0 Å². The van der Waals surface area contributed by atoms with Gasteiger partial charge in [0.25, 0.3) is 10.0 Å². The molecular weight excluding hydrogens is 456 g/mol. The van der Waals surface area contributed by atoms with Crippen LogP contribution in [0.3, 0.4) is 0 Å². The summed E-state index contributed by atoms with van der Waals surface area (Å²) in [5, 5.41) is 16.0.